The van der Waals surface area contributed by atoms with E-state index in [0.717, 1.165) is 25.2 Å². The maximum atomic E-state index is 4.50. The van der Waals surface area contributed by atoms with Gasteiger partial charge in [0.15, 0.2) is 0 Å². The van der Waals surface area contributed by atoms with Crippen LogP contribution in [0.1, 0.15) is 31.3 Å². The molecule has 2 rings (SSSR count). The van der Waals surface area contributed by atoms with E-state index in [0.29, 0.717) is 6.04 Å². The second-order valence-corrected chi connectivity index (χ2v) is 3.82. The minimum atomic E-state index is 0.634. The second-order valence-electron chi connectivity index (χ2n) is 3.82. The molecule has 76 valence electrons. The van der Waals surface area contributed by atoms with Crippen LogP contribution >= 0.6 is 0 Å². The van der Waals surface area contributed by atoms with Crippen molar-refractivity contribution >= 4 is 0 Å². The molecule has 1 N–H and O–H groups in total. The van der Waals surface area contributed by atoms with Gasteiger partial charge in [0, 0.05) is 30.8 Å². The Labute approximate surface area is 85.0 Å². The fraction of sp³-hybridized carbons (Fsp3) is 0.636. The lowest BCUT2D eigenvalue weighted by Gasteiger charge is -2.09. The highest BCUT2D eigenvalue weighted by Crippen LogP contribution is 2.10. The summed E-state index contributed by atoms with van der Waals surface area (Å²) in [5, 5.41) is 3.48. The van der Waals surface area contributed by atoms with Crippen molar-refractivity contribution in [1.29, 1.82) is 0 Å². The van der Waals surface area contributed by atoms with E-state index >= 15 is 0 Å². The van der Waals surface area contributed by atoms with Crippen LogP contribution in [0.4, 0.5) is 0 Å². The van der Waals surface area contributed by atoms with Crippen LogP contribution in [-0.2, 0) is 12.8 Å². The van der Waals surface area contributed by atoms with E-state index in [9.17, 15) is 0 Å². The first-order valence-corrected chi connectivity index (χ1v) is 5.42. The first kappa shape index (κ1) is 9.59. The first-order valence-electron chi connectivity index (χ1n) is 5.42. The number of rotatable bonds is 3. The molecule has 1 atom stereocenters. The van der Waals surface area contributed by atoms with Gasteiger partial charge in [-0.15, -0.1) is 0 Å². The molecule has 0 bridgehead atoms. The van der Waals surface area contributed by atoms with Crippen LogP contribution in [0.15, 0.2) is 12.3 Å². The molecule has 0 amide bonds. The highest BCUT2D eigenvalue weighted by Gasteiger charge is 2.14. The molecule has 1 saturated heterocycles. The summed E-state index contributed by atoms with van der Waals surface area (Å²) in [6.45, 7) is 3.25. The zero-order valence-corrected chi connectivity index (χ0v) is 8.66. The molecule has 2 heterocycles. The van der Waals surface area contributed by atoms with Crippen LogP contribution < -0.4 is 5.32 Å². The van der Waals surface area contributed by atoms with Gasteiger partial charge in [-0.2, -0.15) is 0 Å². The van der Waals surface area contributed by atoms with Gasteiger partial charge in [-0.1, -0.05) is 6.92 Å². The third-order valence-corrected chi connectivity index (χ3v) is 2.70. The molecule has 1 aromatic rings. The third-order valence-electron chi connectivity index (χ3n) is 2.70. The Hall–Kier alpha value is -0.960. The van der Waals surface area contributed by atoms with Crippen molar-refractivity contribution < 1.29 is 0 Å². The fourth-order valence-corrected chi connectivity index (χ4v) is 1.91. The number of aromatic nitrogens is 2. The minimum absolute atomic E-state index is 0.634. The molecular weight excluding hydrogens is 174 g/mol. The maximum absolute atomic E-state index is 4.50. The summed E-state index contributed by atoms with van der Waals surface area (Å²) in [5.74, 6) is 0.959. The van der Waals surface area contributed by atoms with Gasteiger partial charge < -0.3 is 5.32 Å². The minimum Gasteiger partial charge on any atom is -0.314 e. The number of aryl methyl sites for hydroxylation is 1. The lowest BCUT2D eigenvalue weighted by molar-refractivity contribution is 0.592. The van der Waals surface area contributed by atoms with Gasteiger partial charge in [-0.3, -0.25) is 0 Å². The Morgan fingerprint density at radius 3 is 3.21 bits per heavy atom. The summed E-state index contributed by atoms with van der Waals surface area (Å²) in [5.41, 5.74) is 1.18. The normalized spacial score (nSPS) is 21.4. The quantitative estimate of drug-likeness (QED) is 0.783. The van der Waals surface area contributed by atoms with Gasteiger partial charge in [-0.25, -0.2) is 9.97 Å². The summed E-state index contributed by atoms with van der Waals surface area (Å²) in [6.07, 6.45) is 6.43. The van der Waals surface area contributed by atoms with Crippen LogP contribution in [0.2, 0.25) is 0 Å². The van der Waals surface area contributed by atoms with Gasteiger partial charge in [0.1, 0.15) is 5.82 Å². The summed E-state index contributed by atoms with van der Waals surface area (Å²) in [6, 6.07) is 2.66. The van der Waals surface area contributed by atoms with Crippen molar-refractivity contribution in [3.05, 3.63) is 23.8 Å². The van der Waals surface area contributed by atoms with Crippen LogP contribution in [-0.4, -0.2) is 22.6 Å². The Kier molecular flexibility index (Phi) is 3.09. The molecule has 0 spiro atoms. The highest BCUT2D eigenvalue weighted by atomic mass is 14.9. The van der Waals surface area contributed by atoms with Crippen LogP contribution in [0.25, 0.3) is 0 Å². The molecule has 14 heavy (non-hydrogen) atoms. The number of hydrogen-bond donors (Lipinski definition) is 1. The Bertz CT molecular complexity index is 292. The molecule has 0 aliphatic carbocycles. The van der Waals surface area contributed by atoms with Crippen molar-refractivity contribution in [2.45, 2.75) is 38.6 Å². The molecule has 1 aliphatic heterocycles. The molecule has 3 nitrogen and oxygen atoms in total. The van der Waals surface area contributed by atoms with Crippen LogP contribution in [0, 0.1) is 0 Å². The molecule has 0 aromatic carbocycles. The highest BCUT2D eigenvalue weighted by molar-refractivity contribution is 5.05. The molecular formula is C11H17N3. The van der Waals surface area contributed by atoms with E-state index in [4.69, 9.17) is 0 Å². The lowest BCUT2D eigenvalue weighted by Crippen LogP contribution is -2.24. The molecule has 1 fully saturated rings. The van der Waals surface area contributed by atoms with Gasteiger partial charge in [0.05, 0.1) is 0 Å². The summed E-state index contributed by atoms with van der Waals surface area (Å²) in [4.78, 5) is 8.70. The maximum Gasteiger partial charge on any atom is 0.128 e. The summed E-state index contributed by atoms with van der Waals surface area (Å²) in [7, 11) is 0. The largest absolute Gasteiger partial charge is 0.314 e. The monoisotopic (exact) mass is 191 g/mol. The van der Waals surface area contributed by atoms with E-state index in [-0.39, 0.29) is 0 Å². The van der Waals surface area contributed by atoms with E-state index in [2.05, 4.69) is 22.2 Å². The van der Waals surface area contributed by atoms with E-state index in [1.807, 2.05) is 12.3 Å². The molecule has 1 unspecified atom stereocenters. The van der Waals surface area contributed by atoms with Crippen molar-refractivity contribution in [3.63, 3.8) is 0 Å². The SMILES string of the molecule is CCc1nccc(CC2CCCN2)n1. The molecule has 0 saturated carbocycles. The summed E-state index contributed by atoms with van der Waals surface area (Å²) >= 11 is 0. The average Bonchev–Trinajstić information content (AvgIpc) is 2.71. The molecule has 3 heteroatoms. The van der Waals surface area contributed by atoms with Crippen molar-refractivity contribution in [2.75, 3.05) is 6.54 Å². The van der Waals surface area contributed by atoms with Crippen molar-refractivity contribution in [3.8, 4) is 0 Å². The Balaban J connectivity index is 2.00. The van der Waals surface area contributed by atoms with E-state index in [1.165, 1.54) is 18.5 Å². The number of hydrogen-bond acceptors (Lipinski definition) is 3. The molecule has 1 aliphatic rings. The average molecular weight is 191 g/mol. The number of nitrogens with one attached hydrogen (secondary N) is 1. The van der Waals surface area contributed by atoms with Crippen molar-refractivity contribution in [1.82, 2.24) is 15.3 Å². The van der Waals surface area contributed by atoms with Gasteiger partial charge >= 0.3 is 0 Å². The Morgan fingerprint density at radius 2 is 2.50 bits per heavy atom. The Morgan fingerprint density at radius 1 is 1.57 bits per heavy atom. The molecule has 1 aromatic heterocycles. The fourth-order valence-electron chi connectivity index (χ4n) is 1.91. The first-order chi connectivity index (χ1) is 6.88. The lowest BCUT2D eigenvalue weighted by atomic mass is 10.1. The van der Waals surface area contributed by atoms with Gasteiger partial charge in [0.2, 0.25) is 0 Å². The zero-order valence-electron chi connectivity index (χ0n) is 8.66. The van der Waals surface area contributed by atoms with Gasteiger partial charge in [0.25, 0.3) is 0 Å². The predicted octanol–water partition coefficient (Wildman–Crippen LogP) is 1.33. The standard InChI is InChI=1S/C11H17N3/c1-2-11-13-7-5-10(14-11)8-9-4-3-6-12-9/h5,7,9,12H,2-4,6,8H2,1H3. The van der Waals surface area contributed by atoms with E-state index in [1.54, 1.807) is 0 Å². The second kappa shape index (κ2) is 4.51. The van der Waals surface area contributed by atoms with Crippen LogP contribution in [0.3, 0.4) is 0 Å². The van der Waals surface area contributed by atoms with E-state index < -0.39 is 0 Å². The van der Waals surface area contributed by atoms with Crippen LogP contribution in [0.5, 0.6) is 0 Å². The van der Waals surface area contributed by atoms with Gasteiger partial charge in [-0.05, 0) is 25.5 Å². The summed E-state index contributed by atoms with van der Waals surface area (Å²) < 4.78 is 0. The zero-order chi connectivity index (χ0) is 9.80. The predicted molar refractivity (Wildman–Crippen MR) is 56.1 cm³/mol. The third kappa shape index (κ3) is 2.29. The molecule has 0 radical (unpaired) electrons. The smallest absolute Gasteiger partial charge is 0.128 e. The topological polar surface area (TPSA) is 37.8 Å². The van der Waals surface area contributed by atoms with Crippen molar-refractivity contribution in [2.24, 2.45) is 0 Å². The number of nitrogens with zero attached hydrogens (tertiary/aromatic N) is 2.